The van der Waals surface area contributed by atoms with E-state index in [-0.39, 0.29) is 6.16 Å². The summed E-state index contributed by atoms with van der Waals surface area (Å²) >= 11 is 0. The van der Waals surface area contributed by atoms with Crippen molar-refractivity contribution in [1.29, 1.82) is 0 Å². The number of carboxylic acids is 1. The first-order valence-electron chi connectivity index (χ1n) is 5.97. The Hall–Kier alpha value is -1.12. The van der Waals surface area contributed by atoms with Gasteiger partial charge in [0.05, 0.1) is 11.6 Å². The molecule has 0 saturated heterocycles. The van der Waals surface area contributed by atoms with E-state index in [0.29, 0.717) is 6.42 Å². The largest absolute Gasteiger partial charge is 0.481 e. The van der Waals surface area contributed by atoms with Crippen molar-refractivity contribution in [2.45, 2.75) is 25.9 Å². The lowest BCUT2D eigenvalue weighted by Crippen LogP contribution is -2.16. The van der Waals surface area contributed by atoms with Crippen LogP contribution in [0, 0.1) is 5.92 Å². The molecule has 100 valence electrons. The average molecular weight is 270 g/mol. The zero-order valence-corrected chi connectivity index (χ0v) is 11.5. The molecule has 0 aliphatic carbocycles. The van der Waals surface area contributed by atoms with Crippen LogP contribution in [0.3, 0.4) is 0 Å². The molecule has 0 saturated carbocycles. The van der Waals surface area contributed by atoms with Gasteiger partial charge in [0.2, 0.25) is 7.37 Å². The molecule has 3 unspecified atom stereocenters. The third kappa shape index (κ3) is 3.69. The van der Waals surface area contributed by atoms with E-state index in [4.69, 9.17) is 5.11 Å². The highest BCUT2D eigenvalue weighted by molar-refractivity contribution is 7.58. The molecule has 0 bridgehead atoms. The summed E-state index contributed by atoms with van der Waals surface area (Å²) in [5.74, 6) is -1.84. The van der Waals surface area contributed by atoms with Crippen molar-refractivity contribution < 1.29 is 19.4 Å². The first-order valence-corrected chi connectivity index (χ1v) is 7.89. The summed E-state index contributed by atoms with van der Waals surface area (Å²) in [4.78, 5) is 20.9. The maximum Gasteiger partial charge on any atom is 0.306 e. The van der Waals surface area contributed by atoms with Crippen LogP contribution in [0.1, 0.15) is 31.5 Å². The molecule has 2 N–H and O–H groups in total. The fourth-order valence-corrected chi connectivity index (χ4v) is 4.43. The molecule has 3 atom stereocenters. The average Bonchev–Trinajstić information content (AvgIpc) is 2.30. The predicted octanol–water partition coefficient (Wildman–Crippen LogP) is 3.13. The van der Waals surface area contributed by atoms with Gasteiger partial charge in [0.15, 0.2) is 0 Å². The van der Waals surface area contributed by atoms with Crippen molar-refractivity contribution in [2.24, 2.45) is 5.92 Å². The number of carboxylic acid groups (broad SMARTS) is 1. The third-order valence-corrected chi connectivity index (χ3v) is 5.72. The maximum absolute atomic E-state index is 12.4. The minimum Gasteiger partial charge on any atom is -0.481 e. The summed E-state index contributed by atoms with van der Waals surface area (Å²) in [6, 6.07) is 9.10. The SMILES string of the molecule is CCC(c1ccccc1)P(=O)(O)CC(C)C(=O)O. The Balaban J connectivity index is 2.94. The predicted molar refractivity (Wildman–Crippen MR) is 71.0 cm³/mol. The fourth-order valence-electron chi connectivity index (χ4n) is 2.03. The van der Waals surface area contributed by atoms with Crippen LogP contribution in [0.25, 0.3) is 0 Å². The molecule has 1 aromatic rings. The van der Waals surface area contributed by atoms with E-state index >= 15 is 0 Å². The van der Waals surface area contributed by atoms with E-state index < -0.39 is 24.9 Å². The Labute approximate surface area is 107 Å². The molecule has 0 aliphatic rings. The number of benzene rings is 1. The van der Waals surface area contributed by atoms with E-state index in [0.717, 1.165) is 5.56 Å². The molecule has 1 rings (SSSR count). The first-order chi connectivity index (χ1) is 8.38. The molecule has 0 aromatic heterocycles. The van der Waals surface area contributed by atoms with Crippen LogP contribution >= 0.6 is 7.37 Å². The molecule has 18 heavy (non-hydrogen) atoms. The van der Waals surface area contributed by atoms with Gasteiger partial charge in [-0.05, 0) is 12.0 Å². The van der Waals surface area contributed by atoms with E-state index in [9.17, 15) is 14.3 Å². The summed E-state index contributed by atoms with van der Waals surface area (Å²) in [7, 11) is -3.52. The van der Waals surface area contributed by atoms with Crippen molar-refractivity contribution in [3.8, 4) is 0 Å². The molecule has 1 aromatic carbocycles. The maximum atomic E-state index is 12.4. The normalized spacial score (nSPS) is 17.7. The monoisotopic (exact) mass is 270 g/mol. The van der Waals surface area contributed by atoms with Gasteiger partial charge in [-0.1, -0.05) is 44.2 Å². The summed E-state index contributed by atoms with van der Waals surface area (Å²) in [6.45, 7) is 3.30. The van der Waals surface area contributed by atoms with Gasteiger partial charge in [-0.3, -0.25) is 9.36 Å². The van der Waals surface area contributed by atoms with Crippen molar-refractivity contribution in [3.05, 3.63) is 35.9 Å². The zero-order chi connectivity index (χ0) is 13.8. The minimum absolute atomic E-state index is 0.185. The van der Waals surface area contributed by atoms with E-state index in [1.807, 2.05) is 37.3 Å². The quantitative estimate of drug-likeness (QED) is 0.779. The van der Waals surface area contributed by atoms with Gasteiger partial charge < -0.3 is 10.00 Å². The lowest BCUT2D eigenvalue weighted by Gasteiger charge is -2.23. The van der Waals surface area contributed by atoms with Crippen LogP contribution in [0.4, 0.5) is 0 Å². The van der Waals surface area contributed by atoms with E-state index in [1.54, 1.807) is 0 Å². The van der Waals surface area contributed by atoms with Crippen LogP contribution in [0.15, 0.2) is 30.3 Å². The summed E-state index contributed by atoms with van der Waals surface area (Å²) in [5, 5.41) is 8.84. The molecule has 5 heteroatoms. The smallest absolute Gasteiger partial charge is 0.306 e. The van der Waals surface area contributed by atoms with Crippen LogP contribution in [0.2, 0.25) is 0 Å². The molecule has 0 spiro atoms. The number of hydrogen-bond donors (Lipinski definition) is 2. The van der Waals surface area contributed by atoms with Gasteiger partial charge in [-0.15, -0.1) is 0 Å². The Morgan fingerprint density at radius 2 is 1.89 bits per heavy atom. The van der Waals surface area contributed by atoms with Gasteiger partial charge in [-0.2, -0.15) is 0 Å². The summed E-state index contributed by atoms with van der Waals surface area (Å²) < 4.78 is 12.4. The number of rotatable bonds is 6. The molecule has 0 fully saturated rings. The van der Waals surface area contributed by atoms with Crippen LogP contribution in [-0.2, 0) is 9.36 Å². The topological polar surface area (TPSA) is 74.6 Å². The molecule has 0 radical (unpaired) electrons. The number of carbonyl (C=O) groups is 1. The third-order valence-electron chi connectivity index (χ3n) is 3.02. The molecule has 4 nitrogen and oxygen atoms in total. The van der Waals surface area contributed by atoms with Crippen molar-refractivity contribution >= 4 is 13.3 Å². The van der Waals surface area contributed by atoms with Gasteiger partial charge >= 0.3 is 5.97 Å². The van der Waals surface area contributed by atoms with E-state index in [1.165, 1.54) is 6.92 Å². The van der Waals surface area contributed by atoms with Crippen molar-refractivity contribution in [3.63, 3.8) is 0 Å². The summed E-state index contributed by atoms with van der Waals surface area (Å²) in [6.07, 6.45) is 0.333. The van der Waals surface area contributed by atoms with Gasteiger partial charge in [0.25, 0.3) is 0 Å². The second-order valence-corrected chi connectivity index (χ2v) is 7.01. The van der Waals surface area contributed by atoms with Gasteiger partial charge in [0.1, 0.15) is 0 Å². The second kappa shape index (κ2) is 6.17. The lowest BCUT2D eigenvalue weighted by atomic mass is 10.1. The standard InChI is InChI=1S/C13H19O4P/c1-3-12(11-7-5-4-6-8-11)18(16,17)9-10(2)13(14)15/h4-8,10,12H,3,9H2,1-2H3,(H,14,15)(H,16,17). The Morgan fingerprint density at radius 1 is 1.33 bits per heavy atom. The summed E-state index contributed by atoms with van der Waals surface area (Å²) in [5.41, 5.74) is 0.309. The highest BCUT2D eigenvalue weighted by atomic mass is 31.2. The molecule has 0 heterocycles. The molecular weight excluding hydrogens is 251 g/mol. The minimum atomic E-state index is -3.52. The zero-order valence-electron chi connectivity index (χ0n) is 10.6. The number of aliphatic carboxylic acids is 1. The first kappa shape index (κ1) is 14.9. The highest BCUT2D eigenvalue weighted by Crippen LogP contribution is 2.58. The molecular formula is C13H19O4P. The van der Waals surface area contributed by atoms with Crippen LogP contribution in [-0.4, -0.2) is 22.1 Å². The Kier molecular flexibility index (Phi) is 5.12. The van der Waals surface area contributed by atoms with E-state index in [2.05, 4.69) is 0 Å². The fraction of sp³-hybridized carbons (Fsp3) is 0.462. The Bertz CT molecular complexity index is 444. The molecule has 0 amide bonds. The number of hydrogen-bond acceptors (Lipinski definition) is 2. The van der Waals surface area contributed by atoms with Crippen LogP contribution in [0.5, 0.6) is 0 Å². The van der Waals surface area contributed by atoms with Crippen LogP contribution < -0.4 is 0 Å². The van der Waals surface area contributed by atoms with Crippen molar-refractivity contribution in [2.75, 3.05) is 6.16 Å². The van der Waals surface area contributed by atoms with Gasteiger partial charge in [0, 0.05) is 6.16 Å². The lowest BCUT2D eigenvalue weighted by molar-refractivity contribution is -0.140. The highest BCUT2D eigenvalue weighted by Gasteiger charge is 2.34. The van der Waals surface area contributed by atoms with Crippen molar-refractivity contribution in [1.82, 2.24) is 0 Å². The Morgan fingerprint density at radius 3 is 2.33 bits per heavy atom. The molecule has 0 aliphatic heterocycles. The second-order valence-electron chi connectivity index (χ2n) is 4.51. The van der Waals surface area contributed by atoms with Gasteiger partial charge in [-0.25, -0.2) is 0 Å².